The lowest BCUT2D eigenvalue weighted by molar-refractivity contribution is -0.141. The first kappa shape index (κ1) is 23.2. The molecule has 4 heterocycles. The number of amides is 1. The zero-order valence-corrected chi connectivity index (χ0v) is 19.2. The minimum absolute atomic E-state index is 0.0261. The fourth-order valence-electron chi connectivity index (χ4n) is 4.10. The molecule has 4 aromatic rings. The maximum absolute atomic E-state index is 13.5. The van der Waals surface area contributed by atoms with Gasteiger partial charge in [-0.3, -0.25) is 14.8 Å². The lowest BCUT2D eigenvalue weighted by Gasteiger charge is -2.24. The van der Waals surface area contributed by atoms with Crippen molar-refractivity contribution in [1.82, 2.24) is 15.0 Å². The first-order chi connectivity index (χ1) is 16.7. The molecule has 0 fully saturated rings. The summed E-state index contributed by atoms with van der Waals surface area (Å²) in [5.41, 5.74) is 3.40. The van der Waals surface area contributed by atoms with Gasteiger partial charge in [-0.25, -0.2) is 4.98 Å². The molecule has 0 bridgehead atoms. The largest absolute Gasteiger partial charge is 0.433 e. The number of aryl methyl sites for hydroxylation is 1. The summed E-state index contributed by atoms with van der Waals surface area (Å²) in [5, 5.41) is 1.31. The molecule has 10 heteroatoms. The number of fused-ring (bicyclic) bond motifs is 3. The van der Waals surface area contributed by atoms with Crippen LogP contribution in [-0.2, 0) is 30.7 Å². The number of ether oxygens (including phenoxy) is 1. The number of hydrogen-bond donors (Lipinski definition) is 0. The molecule has 0 aliphatic carbocycles. The fourth-order valence-corrected chi connectivity index (χ4v) is 4.36. The number of benzene rings is 1. The highest BCUT2D eigenvalue weighted by Crippen LogP contribution is 2.33. The highest BCUT2D eigenvalue weighted by Gasteiger charge is 2.32. The first-order valence-corrected chi connectivity index (χ1v) is 11.0. The van der Waals surface area contributed by atoms with Crippen molar-refractivity contribution in [3.05, 3.63) is 93.7 Å². The molecular weight excluding hydrogens is 481 g/mol. The van der Waals surface area contributed by atoms with E-state index in [4.69, 9.17) is 16.3 Å². The van der Waals surface area contributed by atoms with E-state index in [0.29, 0.717) is 35.3 Å². The third-order valence-corrected chi connectivity index (χ3v) is 6.18. The number of aromatic nitrogens is 3. The van der Waals surface area contributed by atoms with Crippen molar-refractivity contribution in [3.63, 3.8) is 0 Å². The quantitative estimate of drug-likeness (QED) is 0.328. The van der Waals surface area contributed by atoms with Gasteiger partial charge < -0.3 is 9.64 Å². The van der Waals surface area contributed by atoms with Crippen molar-refractivity contribution >= 4 is 34.1 Å². The number of anilines is 1. The van der Waals surface area contributed by atoms with E-state index in [2.05, 4.69) is 15.0 Å². The van der Waals surface area contributed by atoms with Crippen LogP contribution in [0.4, 0.5) is 18.9 Å². The molecule has 0 saturated heterocycles. The van der Waals surface area contributed by atoms with Gasteiger partial charge >= 0.3 is 6.18 Å². The molecular formula is C25H18ClF3N4O2. The lowest BCUT2D eigenvalue weighted by atomic mass is 10.0. The molecule has 1 aliphatic heterocycles. The van der Waals surface area contributed by atoms with Crippen molar-refractivity contribution in [2.45, 2.75) is 32.9 Å². The molecule has 1 amide bonds. The topological polar surface area (TPSA) is 68.2 Å². The van der Waals surface area contributed by atoms with E-state index in [1.807, 2.05) is 18.2 Å². The monoisotopic (exact) mass is 498 g/mol. The average molecular weight is 499 g/mol. The van der Waals surface area contributed by atoms with Gasteiger partial charge in [-0.2, -0.15) is 13.2 Å². The van der Waals surface area contributed by atoms with Crippen molar-refractivity contribution in [2.75, 3.05) is 4.90 Å². The van der Waals surface area contributed by atoms with Gasteiger partial charge in [0, 0.05) is 23.3 Å². The first-order valence-electron chi connectivity index (χ1n) is 10.7. The summed E-state index contributed by atoms with van der Waals surface area (Å²) < 4.78 is 44.3. The Morgan fingerprint density at radius 1 is 1.11 bits per heavy atom. The number of hydrogen-bond acceptors (Lipinski definition) is 5. The molecule has 35 heavy (non-hydrogen) atoms. The second-order valence-electron chi connectivity index (χ2n) is 8.13. The fraction of sp³-hybridized carbons (Fsp3) is 0.200. The number of carbonyl (C=O) groups is 1. The molecule has 6 nitrogen and oxygen atoms in total. The molecule has 3 aromatic heterocycles. The van der Waals surface area contributed by atoms with E-state index in [0.717, 1.165) is 40.4 Å². The molecule has 0 saturated carbocycles. The van der Waals surface area contributed by atoms with E-state index in [1.165, 1.54) is 4.90 Å². The predicted octanol–water partition coefficient (Wildman–Crippen LogP) is 5.88. The Kier molecular flexibility index (Phi) is 5.90. The molecule has 0 spiro atoms. The Bertz CT molecular complexity index is 1440. The summed E-state index contributed by atoms with van der Waals surface area (Å²) in [6.07, 6.45) is -2.05. The van der Waals surface area contributed by atoms with Crippen molar-refractivity contribution in [2.24, 2.45) is 0 Å². The molecule has 5 rings (SSSR count). The van der Waals surface area contributed by atoms with E-state index in [9.17, 15) is 18.0 Å². The smallest absolute Gasteiger partial charge is 0.372 e. The second kappa shape index (κ2) is 8.90. The van der Waals surface area contributed by atoms with Crippen LogP contribution in [0.25, 0.3) is 10.9 Å². The van der Waals surface area contributed by atoms with Crippen LogP contribution in [0, 0.1) is 6.92 Å². The highest BCUT2D eigenvalue weighted by molar-refractivity contribution is 6.30. The van der Waals surface area contributed by atoms with Crippen molar-refractivity contribution < 1.29 is 22.7 Å². The summed E-state index contributed by atoms with van der Waals surface area (Å²) in [6.45, 7) is 2.76. The van der Waals surface area contributed by atoms with Crippen LogP contribution in [0.2, 0.25) is 5.15 Å². The minimum atomic E-state index is -4.59. The van der Waals surface area contributed by atoms with Crippen LogP contribution >= 0.6 is 11.6 Å². The van der Waals surface area contributed by atoms with E-state index in [1.54, 1.807) is 25.3 Å². The molecule has 0 atom stereocenters. The summed E-state index contributed by atoms with van der Waals surface area (Å²) in [6, 6.07) is 11.0. The van der Waals surface area contributed by atoms with Crippen LogP contribution in [0.15, 0.2) is 54.9 Å². The Morgan fingerprint density at radius 3 is 2.63 bits per heavy atom. The van der Waals surface area contributed by atoms with Crippen LogP contribution in [0.1, 0.15) is 38.4 Å². The second-order valence-corrected chi connectivity index (χ2v) is 8.49. The van der Waals surface area contributed by atoms with E-state index >= 15 is 0 Å². The third kappa shape index (κ3) is 4.44. The van der Waals surface area contributed by atoms with Crippen LogP contribution in [0.5, 0.6) is 0 Å². The summed E-state index contributed by atoms with van der Waals surface area (Å²) in [5.74, 6) is -0.504. The average Bonchev–Trinajstić information content (AvgIpc) is 3.33. The van der Waals surface area contributed by atoms with Gasteiger partial charge in [0.05, 0.1) is 42.2 Å². The van der Waals surface area contributed by atoms with E-state index in [-0.39, 0.29) is 12.1 Å². The Morgan fingerprint density at radius 2 is 1.91 bits per heavy atom. The highest BCUT2D eigenvalue weighted by atomic mass is 35.5. The zero-order valence-electron chi connectivity index (χ0n) is 18.4. The summed E-state index contributed by atoms with van der Waals surface area (Å²) in [7, 11) is 0. The molecule has 0 N–H and O–H groups in total. The maximum atomic E-state index is 13.5. The molecule has 178 valence electrons. The number of halogens is 4. The predicted molar refractivity (Wildman–Crippen MR) is 124 cm³/mol. The number of carbonyl (C=O) groups excluding carboxylic acids is 1. The zero-order chi connectivity index (χ0) is 24.7. The Labute approximate surface area is 203 Å². The van der Waals surface area contributed by atoms with Gasteiger partial charge in [0.2, 0.25) is 0 Å². The number of nitrogens with zero attached hydrogens (tertiary/aromatic N) is 4. The molecule has 1 aliphatic rings. The molecule has 1 aromatic carbocycles. The number of rotatable bonds is 4. The summed E-state index contributed by atoms with van der Waals surface area (Å²) >= 11 is 6.35. The maximum Gasteiger partial charge on any atom is 0.433 e. The van der Waals surface area contributed by atoms with Gasteiger partial charge in [-0.1, -0.05) is 23.7 Å². The van der Waals surface area contributed by atoms with Crippen LogP contribution < -0.4 is 4.90 Å². The van der Waals surface area contributed by atoms with Crippen molar-refractivity contribution in [1.29, 1.82) is 0 Å². The van der Waals surface area contributed by atoms with Gasteiger partial charge in [0.1, 0.15) is 10.8 Å². The van der Waals surface area contributed by atoms with Crippen LogP contribution in [-0.4, -0.2) is 20.9 Å². The molecule has 0 radical (unpaired) electrons. The van der Waals surface area contributed by atoms with Gasteiger partial charge in [-0.05, 0) is 48.4 Å². The Balaban J connectivity index is 1.53. The van der Waals surface area contributed by atoms with Crippen molar-refractivity contribution in [3.8, 4) is 0 Å². The SMILES string of the molecule is Cc1ncccc1N(Cc1ccc2c3c(c(Cl)nc2c1)COC3)C(=O)c1ccc(C(F)(F)F)nc1. The number of pyridine rings is 3. The standard InChI is InChI=1S/C25H18ClF3N4O2/c1-14-21(3-2-8-30-14)33(24(34)16-5-7-22(31-10-16)25(27,28)29)11-15-4-6-17-18-12-35-13-19(18)23(26)32-20(17)9-15/h2-10H,11-13H2,1H3. The lowest BCUT2D eigenvalue weighted by Crippen LogP contribution is -2.31. The van der Waals surface area contributed by atoms with E-state index < -0.39 is 17.8 Å². The van der Waals surface area contributed by atoms with Crippen LogP contribution in [0.3, 0.4) is 0 Å². The van der Waals surface area contributed by atoms with Gasteiger partial charge in [0.15, 0.2) is 0 Å². The third-order valence-electron chi connectivity index (χ3n) is 5.87. The number of alkyl halides is 3. The van der Waals surface area contributed by atoms with Gasteiger partial charge in [-0.15, -0.1) is 0 Å². The Hall–Kier alpha value is -3.56. The normalized spacial score (nSPS) is 13.2. The minimum Gasteiger partial charge on any atom is -0.372 e. The molecule has 0 unspecified atom stereocenters. The summed E-state index contributed by atoms with van der Waals surface area (Å²) in [4.78, 5) is 27.1. The van der Waals surface area contributed by atoms with Gasteiger partial charge in [0.25, 0.3) is 5.91 Å².